The number of rotatable bonds is 0. The quantitative estimate of drug-likeness (QED) is 0.712. The zero-order valence-corrected chi connectivity index (χ0v) is 9.43. The first-order valence-electron chi connectivity index (χ1n) is 4.95. The number of para-hydroxylation sites is 1. The Kier molecular flexibility index (Phi) is 2.57. The summed E-state index contributed by atoms with van der Waals surface area (Å²) >= 11 is 6.06. The van der Waals surface area contributed by atoms with Crippen LogP contribution in [0.5, 0.6) is 0 Å². The van der Waals surface area contributed by atoms with Gasteiger partial charge in [0.15, 0.2) is 0 Å². The van der Waals surface area contributed by atoms with Crippen molar-refractivity contribution in [3.05, 3.63) is 23.2 Å². The largest absolute Gasteiger partial charge is 0.379 e. The molecule has 0 saturated heterocycles. The van der Waals surface area contributed by atoms with Gasteiger partial charge in [-0.2, -0.15) is 0 Å². The first-order chi connectivity index (χ1) is 7.09. The third-order valence-electron chi connectivity index (χ3n) is 2.81. The van der Waals surface area contributed by atoms with Crippen LogP contribution in [0.15, 0.2) is 18.2 Å². The van der Waals surface area contributed by atoms with Crippen LogP contribution in [0.4, 0.5) is 11.4 Å². The van der Waals surface area contributed by atoms with E-state index >= 15 is 0 Å². The highest BCUT2D eigenvalue weighted by atomic mass is 35.5. The van der Waals surface area contributed by atoms with Gasteiger partial charge in [0, 0.05) is 6.04 Å². The van der Waals surface area contributed by atoms with Crippen molar-refractivity contribution in [1.29, 1.82) is 0 Å². The molecule has 1 aliphatic heterocycles. The molecule has 0 radical (unpaired) electrons. The predicted octanol–water partition coefficient (Wildman–Crippen LogP) is 2.73. The molecule has 1 aromatic carbocycles. The molecule has 2 unspecified atom stereocenters. The van der Waals surface area contributed by atoms with Crippen molar-refractivity contribution in [2.24, 2.45) is 5.92 Å². The number of carbonyl (C=O) groups excluding carboxylic acids is 1. The van der Waals surface area contributed by atoms with Crippen molar-refractivity contribution in [1.82, 2.24) is 0 Å². The zero-order valence-electron chi connectivity index (χ0n) is 8.67. The Balaban J connectivity index is 2.46. The van der Waals surface area contributed by atoms with Crippen molar-refractivity contribution in [3.8, 4) is 0 Å². The third-order valence-corrected chi connectivity index (χ3v) is 3.12. The maximum absolute atomic E-state index is 11.7. The van der Waals surface area contributed by atoms with Crippen LogP contribution in [0, 0.1) is 5.92 Å². The molecular weight excluding hydrogens is 212 g/mol. The van der Waals surface area contributed by atoms with E-state index in [4.69, 9.17) is 11.6 Å². The number of amides is 1. The summed E-state index contributed by atoms with van der Waals surface area (Å²) in [6, 6.07) is 5.55. The lowest BCUT2D eigenvalue weighted by Gasteiger charge is -2.17. The van der Waals surface area contributed by atoms with Crippen molar-refractivity contribution < 1.29 is 4.79 Å². The Labute approximate surface area is 93.8 Å². The molecule has 3 nitrogen and oxygen atoms in total. The number of halogens is 1. The highest BCUT2D eigenvalue weighted by molar-refractivity contribution is 6.34. The van der Waals surface area contributed by atoms with Gasteiger partial charge in [-0.05, 0) is 19.1 Å². The lowest BCUT2D eigenvalue weighted by molar-refractivity contribution is -0.119. The second kappa shape index (κ2) is 3.74. The summed E-state index contributed by atoms with van der Waals surface area (Å²) in [5, 5.41) is 6.75. The van der Waals surface area contributed by atoms with Gasteiger partial charge in [0.05, 0.1) is 22.3 Å². The average molecular weight is 225 g/mol. The summed E-state index contributed by atoms with van der Waals surface area (Å²) in [7, 11) is 0. The molecule has 1 aliphatic rings. The molecule has 15 heavy (non-hydrogen) atoms. The van der Waals surface area contributed by atoms with E-state index in [2.05, 4.69) is 10.6 Å². The van der Waals surface area contributed by atoms with Gasteiger partial charge in [-0.3, -0.25) is 4.79 Å². The van der Waals surface area contributed by atoms with Gasteiger partial charge < -0.3 is 10.6 Å². The highest BCUT2D eigenvalue weighted by Crippen LogP contribution is 2.34. The minimum Gasteiger partial charge on any atom is -0.379 e. The number of hydrogen-bond donors (Lipinski definition) is 2. The monoisotopic (exact) mass is 224 g/mol. The van der Waals surface area contributed by atoms with Crippen LogP contribution in [0.2, 0.25) is 5.02 Å². The topological polar surface area (TPSA) is 41.1 Å². The van der Waals surface area contributed by atoms with E-state index in [1.807, 2.05) is 32.0 Å². The first kappa shape index (κ1) is 10.3. The van der Waals surface area contributed by atoms with Gasteiger partial charge >= 0.3 is 0 Å². The summed E-state index contributed by atoms with van der Waals surface area (Å²) in [6.07, 6.45) is 0. The Morgan fingerprint density at radius 1 is 1.33 bits per heavy atom. The molecule has 0 spiro atoms. The number of hydrogen-bond acceptors (Lipinski definition) is 2. The van der Waals surface area contributed by atoms with Crippen LogP contribution in [0.25, 0.3) is 0 Å². The Bertz CT molecular complexity index is 406. The summed E-state index contributed by atoms with van der Waals surface area (Å²) in [4.78, 5) is 11.7. The first-order valence-corrected chi connectivity index (χ1v) is 5.33. The van der Waals surface area contributed by atoms with E-state index in [1.165, 1.54) is 0 Å². The van der Waals surface area contributed by atoms with E-state index in [0.29, 0.717) is 5.02 Å². The maximum atomic E-state index is 11.7. The Hall–Kier alpha value is -1.22. The third kappa shape index (κ3) is 1.79. The van der Waals surface area contributed by atoms with Crippen molar-refractivity contribution >= 4 is 28.9 Å². The summed E-state index contributed by atoms with van der Waals surface area (Å²) in [5.74, 6) is -0.0514. The number of nitrogens with one attached hydrogen (secondary N) is 2. The summed E-state index contributed by atoms with van der Waals surface area (Å²) in [5.41, 5.74) is 1.56. The number of anilines is 2. The van der Waals surface area contributed by atoms with Gasteiger partial charge in [-0.25, -0.2) is 0 Å². The molecule has 1 amide bonds. The van der Waals surface area contributed by atoms with Gasteiger partial charge in [-0.1, -0.05) is 24.6 Å². The second-order valence-electron chi connectivity index (χ2n) is 3.87. The van der Waals surface area contributed by atoms with Crippen LogP contribution < -0.4 is 10.6 Å². The van der Waals surface area contributed by atoms with Crippen LogP contribution >= 0.6 is 11.6 Å². The minimum absolute atomic E-state index is 0.0241. The van der Waals surface area contributed by atoms with Crippen molar-refractivity contribution in [2.45, 2.75) is 19.9 Å². The average Bonchev–Trinajstić information content (AvgIpc) is 2.30. The fraction of sp³-hybridized carbons (Fsp3) is 0.364. The summed E-state index contributed by atoms with van der Waals surface area (Å²) < 4.78 is 0. The fourth-order valence-corrected chi connectivity index (χ4v) is 1.83. The van der Waals surface area contributed by atoms with Gasteiger partial charge in [0.25, 0.3) is 0 Å². The van der Waals surface area contributed by atoms with E-state index in [9.17, 15) is 4.79 Å². The summed E-state index contributed by atoms with van der Waals surface area (Å²) in [6.45, 7) is 3.87. The molecule has 1 aromatic rings. The molecule has 2 N–H and O–H groups in total. The van der Waals surface area contributed by atoms with Gasteiger partial charge in [0.1, 0.15) is 0 Å². The van der Waals surface area contributed by atoms with E-state index < -0.39 is 0 Å². The van der Waals surface area contributed by atoms with Crippen molar-refractivity contribution in [3.63, 3.8) is 0 Å². The minimum atomic E-state index is -0.0755. The van der Waals surface area contributed by atoms with E-state index in [0.717, 1.165) is 11.4 Å². The Morgan fingerprint density at radius 2 is 2.07 bits per heavy atom. The molecule has 0 aliphatic carbocycles. The van der Waals surface area contributed by atoms with Crippen LogP contribution in [0.1, 0.15) is 13.8 Å². The normalized spacial score (nSPS) is 24.9. The molecule has 0 saturated carbocycles. The molecule has 80 valence electrons. The standard InChI is InChI=1S/C11H13ClN2O/c1-6-7(2)13-10-8(12)4-3-5-9(10)14-11(6)15/h3-7,13H,1-2H3,(H,14,15). The molecule has 1 heterocycles. The zero-order chi connectivity index (χ0) is 11.0. The molecule has 2 atom stereocenters. The van der Waals surface area contributed by atoms with Crippen molar-refractivity contribution in [2.75, 3.05) is 10.6 Å². The SMILES string of the molecule is CC1Nc2c(Cl)cccc2NC(=O)C1C. The Morgan fingerprint density at radius 3 is 2.80 bits per heavy atom. The lowest BCUT2D eigenvalue weighted by Crippen LogP contribution is -2.30. The molecule has 2 rings (SSSR count). The highest BCUT2D eigenvalue weighted by Gasteiger charge is 2.26. The smallest absolute Gasteiger partial charge is 0.229 e. The predicted molar refractivity (Wildman–Crippen MR) is 62.3 cm³/mol. The maximum Gasteiger partial charge on any atom is 0.229 e. The van der Waals surface area contributed by atoms with Gasteiger partial charge in [0.2, 0.25) is 5.91 Å². The van der Waals surface area contributed by atoms with Crippen LogP contribution in [-0.4, -0.2) is 11.9 Å². The van der Waals surface area contributed by atoms with Crippen LogP contribution in [0.3, 0.4) is 0 Å². The second-order valence-corrected chi connectivity index (χ2v) is 4.28. The molecule has 4 heteroatoms. The van der Waals surface area contributed by atoms with E-state index in [1.54, 1.807) is 0 Å². The number of carbonyl (C=O) groups is 1. The lowest BCUT2D eigenvalue weighted by atomic mass is 10.0. The molecule has 0 aromatic heterocycles. The molecule has 0 bridgehead atoms. The van der Waals surface area contributed by atoms with E-state index in [-0.39, 0.29) is 17.9 Å². The number of fused-ring (bicyclic) bond motifs is 1. The fourth-order valence-electron chi connectivity index (χ4n) is 1.60. The molecular formula is C11H13ClN2O. The van der Waals surface area contributed by atoms with Gasteiger partial charge in [-0.15, -0.1) is 0 Å². The van der Waals surface area contributed by atoms with Crippen LogP contribution in [-0.2, 0) is 4.79 Å². The number of benzene rings is 1. The molecule has 0 fully saturated rings.